The molecule has 1 aliphatic rings. The van der Waals surface area contributed by atoms with Gasteiger partial charge in [-0.15, -0.1) is 0 Å². The van der Waals surface area contributed by atoms with Crippen molar-refractivity contribution in [3.8, 4) is 28.6 Å². The third-order valence-corrected chi connectivity index (χ3v) is 5.36. The van der Waals surface area contributed by atoms with Crippen molar-refractivity contribution in [2.75, 3.05) is 6.79 Å². The van der Waals surface area contributed by atoms with E-state index in [1.165, 1.54) is 0 Å². The molecule has 0 unspecified atom stereocenters. The minimum absolute atomic E-state index is 0.229. The summed E-state index contributed by atoms with van der Waals surface area (Å²) >= 11 is 3.56. The average Bonchev–Trinajstić information content (AvgIpc) is 3.35. The SMILES string of the molecule is Brc1cccc(-c2nc3nc4ccccc4nc3n2-c2ccc3c(c2)OCO3)c1. The number of aromatic nitrogens is 4. The van der Waals surface area contributed by atoms with Gasteiger partial charge in [-0.1, -0.05) is 40.2 Å². The summed E-state index contributed by atoms with van der Waals surface area (Å²) in [6, 6.07) is 21.7. The maximum atomic E-state index is 5.58. The summed E-state index contributed by atoms with van der Waals surface area (Å²) in [6.45, 7) is 0.229. The van der Waals surface area contributed by atoms with E-state index in [1.54, 1.807) is 0 Å². The third-order valence-electron chi connectivity index (χ3n) is 4.87. The fourth-order valence-electron chi connectivity index (χ4n) is 3.55. The van der Waals surface area contributed by atoms with E-state index in [2.05, 4.69) is 15.9 Å². The number of ether oxygens (including phenoxy) is 2. The van der Waals surface area contributed by atoms with Gasteiger partial charge in [0.05, 0.1) is 16.7 Å². The zero-order valence-corrected chi connectivity index (χ0v) is 16.6. The van der Waals surface area contributed by atoms with Crippen LogP contribution in [0.5, 0.6) is 11.5 Å². The topological polar surface area (TPSA) is 62.1 Å². The van der Waals surface area contributed by atoms with Crippen LogP contribution in [0.25, 0.3) is 39.4 Å². The highest BCUT2D eigenvalue weighted by Gasteiger charge is 2.20. The Kier molecular flexibility index (Phi) is 3.57. The van der Waals surface area contributed by atoms with E-state index in [1.807, 2.05) is 71.3 Å². The van der Waals surface area contributed by atoms with Crippen LogP contribution in [0.4, 0.5) is 0 Å². The second-order valence-electron chi connectivity index (χ2n) is 6.68. The van der Waals surface area contributed by atoms with Gasteiger partial charge in [-0.3, -0.25) is 4.57 Å². The number of nitrogens with zero attached hydrogens (tertiary/aromatic N) is 4. The van der Waals surface area contributed by atoms with E-state index in [-0.39, 0.29) is 6.79 Å². The fourth-order valence-corrected chi connectivity index (χ4v) is 3.95. The van der Waals surface area contributed by atoms with Gasteiger partial charge in [0.15, 0.2) is 22.8 Å². The Bertz CT molecular complexity index is 1410. The fraction of sp³-hybridized carbons (Fsp3) is 0.0455. The molecule has 5 aromatic rings. The number of hydrogen-bond donors (Lipinski definition) is 0. The minimum Gasteiger partial charge on any atom is -0.454 e. The van der Waals surface area contributed by atoms with Crippen LogP contribution in [0.15, 0.2) is 71.2 Å². The Hall–Kier alpha value is -3.45. The highest BCUT2D eigenvalue weighted by atomic mass is 79.9. The van der Waals surface area contributed by atoms with Crippen molar-refractivity contribution in [3.63, 3.8) is 0 Å². The quantitative estimate of drug-likeness (QED) is 0.377. The van der Waals surface area contributed by atoms with Crippen LogP contribution in [0.1, 0.15) is 0 Å². The lowest BCUT2D eigenvalue weighted by atomic mass is 10.2. The molecule has 0 amide bonds. The molecule has 0 N–H and O–H groups in total. The van der Waals surface area contributed by atoms with Crippen molar-refractivity contribution in [2.45, 2.75) is 0 Å². The van der Waals surface area contributed by atoms with Gasteiger partial charge in [0.1, 0.15) is 5.82 Å². The van der Waals surface area contributed by atoms with Gasteiger partial charge in [0.25, 0.3) is 0 Å². The maximum Gasteiger partial charge on any atom is 0.231 e. The molecule has 1 aliphatic heterocycles. The zero-order valence-electron chi connectivity index (χ0n) is 15.0. The number of halogens is 1. The summed E-state index contributed by atoms with van der Waals surface area (Å²) in [5, 5.41) is 0. The monoisotopic (exact) mass is 444 g/mol. The molecule has 0 fully saturated rings. The standard InChI is InChI=1S/C22H13BrN4O2/c23-14-5-3-4-13(10-14)21-26-20-22(25-17-7-2-1-6-16(17)24-20)27(21)15-8-9-18-19(11-15)29-12-28-18/h1-11H,12H2. The van der Waals surface area contributed by atoms with E-state index in [4.69, 9.17) is 24.4 Å². The van der Waals surface area contributed by atoms with E-state index >= 15 is 0 Å². The first-order chi connectivity index (χ1) is 14.3. The van der Waals surface area contributed by atoms with Crippen LogP contribution < -0.4 is 9.47 Å². The molecule has 3 heterocycles. The number of benzene rings is 3. The van der Waals surface area contributed by atoms with Gasteiger partial charge in [0.2, 0.25) is 6.79 Å². The summed E-state index contributed by atoms with van der Waals surface area (Å²) in [4.78, 5) is 14.5. The Labute approximate surface area is 173 Å². The molecular formula is C22H13BrN4O2. The Morgan fingerprint density at radius 3 is 2.48 bits per heavy atom. The second-order valence-corrected chi connectivity index (χ2v) is 7.59. The first-order valence-electron chi connectivity index (χ1n) is 9.07. The number of hydrogen-bond acceptors (Lipinski definition) is 5. The molecule has 6 nitrogen and oxygen atoms in total. The Balaban J connectivity index is 1.69. The molecule has 0 spiro atoms. The molecule has 140 valence electrons. The highest BCUT2D eigenvalue weighted by Crippen LogP contribution is 2.36. The van der Waals surface area contributed by atoms with Gasteiger partial charge in [0, 0.05) is 16.1 Å². The van der Waals surface area contributed by atoms with Crippen LogP contribution in [0.2, 0.25) is 0 Å². The number of para-hydroxylation sites is 2. The first-order valence-corrected chi connectivity index (χ1v) is 9.87. The summed E-state index contributed by atoms with van der Waals surface area (Å²) < 4.78 is 14.0. The predicted octanol–water partition coefficient (Wildman–Crippen LogP) is 5.13. The summed E-state index contributed by atoms with van der Waals surface area (Å²) in [6.07, 6.45) is 0. The molecular weight excluding hydrogens is 432 g/mol. The molecule has 0 saturated heterocycles. The van der Waals surface area contributed by atoms with Crippen LogP contribution in [-0.2, 0) is 0 Å². The highest BCUT2D eigenvalue weighted by molar-refractivity contribution is 9.10. The summed E-state index contributed by atoms with van der Waals surface area (Å²) in [7, 11) is 0. The summed E-state index contributed by atoms with van der Waals surface area (Å²) in [5.74, 6) is 2.20. The molecule has 0 saturated carbocycles. The normalized spacial score (nSPS) is 12.7. The maximum absolute atomic E-state index is 5.58. The van der Waals surface area contributed by atoms with Crippen LogP contribution in [0.3, 0.4) is 0 Å². The van der Waals surface area contributed by atoms with Crippen molar-refractivity contribution >= 4 is 38.3 Å². The van der Waals surface area contributed by atoms with Crippen LogP contribution >= 0.6 is 15.9 Å². The molecule has 29 heavy (non-hydrogen) atoms. The minimum atomic E-state index is 0.229. The largest absolute Gasteiger partial charge is 0.454 e. The van der Waals surface area contributed by atoms with Crippen molar-refractivity contribution in [1.29, 1.82) is 0 Å². The molecule has 7 heteroatoms. The van der Waals surface area contributed by atoms with Crippen molar-refractivity contribution in [2.24, 2.45) is 0 Å². The number of fused-ring (bicyclic) bond motifs is 3. The van der Waals surface area contributed by atoms with Crippen molar-refractivity contribution < 1.29 is 9.47 Å². The van der Waals surface area contributed by atoms with Crippen LogP contribution in [0, 0.1) is 0 Å². The Morgan fingerprint density at radius 2 is 1.62 bits per heavy atom. The molecule has 0 aliphatic carbocycles. The third kappa shape index (κ3) is 2.66. The van der Waals surface area contributed by atoms with Crippen LogP contribution in [-0.4, -0.2) is 26.3 Å². The number of imidazole rings is 1. The summed E-state index contributed by atoms with van der Waals surface area (Å²) in [5.41, 5.74) is 4.77. The Morgan fingerprint density at radius 1 is 0.793 bits per heavy atom. The molecule has 3 aromatic carbocycles. The molecule has 0 atom stereocenters. The molecule has 0 radical (unpaired) electrons. The van der Waals surface area contributed by atoms with Gasteiger partial charge in [-0.05, 0) is 36.4 Å². The van der Waals surface area contributed by atoms with E-state index in [0.29, 0.717) is 17.0 Å². The lowest BCUT2D eigenvalue weighted by Gasteiger charge is -2.10. The van der Waals surface area contributed by atoms with Gasteiger partial charge in [-0.25, -0.2) is 15.0 Å². The first kappa shape index (κ1) is 16.5. The second kappa shape index (κ2) is 6.28. The van der Waals surface area contributed by atoms with Gasteiger partial charge < -0.3 is 9.47 Å². The molecule has 2 aromatic heterocycles. The van der Waals surface area contributed by atoms with Crippen molar-refractivity contribution in [3.05, 3.63) is 71.2 Å². The average molecular weight is 445 g/mol. The smallest absolute Gasteiger partial charge is 0.231 e. The zero-order chi connectivity index (χ0) is 19.4. The lowest BCUT2D eigenvalue weighted by molar-refractivity contribution is 0.174. The van der Waals surface area contributed by atoms with Gasteiger partial charge in [-0.2, -0.15) is 0 Å². The predicted molar refractivity (Wildman–Crippen MR) is 113 cm³/mol. The van der Waals surface area contributed by atoms with E-state index in [9.17, 15) is 0 Å². The molecule has 6 rings (SSSR count). The number of rotatable bonds is 2. The van der Waals surface area contributed by atoms with E-state index < -0.39 is 0 Å². The lowest BCUT2D eigenvalue weighted by Crippen LogP contribution is -1.99. The van der Waals surface area contributed by atoms with Crippen molar-refractivity contribution in [1.82, 2.24) is 19.5 Å². The van der Waals surface area contributed by atoms with E-state index in [0.717, 1.165) is 38.3 Å². The molecule has 0 bridgehead atoms. The van der Waals surface area contributed by atoms with Gasteiger partial charge >= 0.3 is 0 Å².